The van der Waals surface area contributed by atoms with E-state index in [1.54, 1.807) is 35.9 Å². The third-order valence-corrected chi connectivity index (χ3v) is 6.82. The zero-order chi connectivity index (χ0) is 21.1. The van der Waals surface area contributed by atoms with Crippen molar-refractivity contribution in [2.45, 2.75) is 19.5 Å². The van der Waals surface area contributed by atoms with Crippen molar-refractivity contribution >= 4 is 49.9 Å². The van der Waals surface area contributed by atoms with Gasteiger partial charge in [0.2, 0.25) is 11.3 Å². The summed E-state index contributed by atoms with van der Waals surface area (Å²) in [5.74, 6) is -0.288. The van der Waals surface area contributed by atoms with Gasteiger partial charge in [0.25, 0.3) is 5.91 Å². The van der Waals surface area contributed by atoms with E-state index >= 15 is 0 Å². The summed E-state index contributed by atoms with van der Waals surface area (Å²) in [7, 11) is 0. The van der Waals surface area contributed by atoms with E-state index in [1.165, 1.54) is 11.3 Å². The fourth-order valence-electron chi connectivity index (χ4n) is 3.09. The maximum atomic E-state index is 12.4. The third-order valence-electron chi connectivity index (χ3n) is 4.49. The van der Waals surface area contributed by atoms with Gasteiger partial charge in [0.15, 0.2) is 0 Å². The molecule has 3 N–H and O–H groups in total. The summed E-state index contributed by atoms with van der Waals surface area (Å²) in [4.78, 5) is 21.8. The van der Waals surface area contributed by atoms with Crippen LogP contribution in [0.5, 0.6) is 0 Å². The standard InChI is InChI=1S/C20H18N4O3S3/c1-12-21-9-14(29-12)10-23-20(25)17-7-6-13(8-22-17)19(24-30(26)27)16-11-28-18-5-3-2-4-15(16)18/h2-9,11,19,24H,10H2,1H3,(H,23,25)(H,26,27). The van der Waals surface area contributed by atoms with Crippen LogP contribution in [-0.4, -0.2) is 24.6 Å². The highest BCUT2D eigenvalue weighted by Crippen LogP contribution is 2.33. The highest BCUT2D eigenvalue weighted by Gasteiger charge is 2.21. The molecule has 7 nitrogen and oxygen atoms in total. The summed E-state index contributed by atoms with van der Waals surface area (Å²) in [6.07, 6.45) is 3.30. The summed E-state index contributed by atoms with van der Waals surface area (Å²) in [5.41, 5.74) is 1.85. The van der Waals surface area contributed by atoms with E-state index in [1.807, 2.05) is 36.6 Å². The Labute approximate surface area is 183 Å². The molecule has 4 aromatic rings. The SMILES string of the molecule is Cc1ncc(CNC(=O)c2ccc(C(NS(=O)O)c3csc4ccccc34)cn2)s1. The molecule has 10 heteroatoms. The van der Waals surface area contributed by atoms with Gasteiger partial charge < -0.3 is 5.32 Å². The fourth-order valence-corrected chi connectivity index (χ4v) is 5.28. The van der Waals surface area contributed by atoms with Gasteiger partial charge >= 0.3 is 0 Å². The van der Waals surface area contributed by atoms with Gasteiger partial charge in [-0.15, -0.1) is 22.7 Å². The van der Waals surface area contributed by atoms with Crippen LogP contribution in [0.2, 0.25) is 0 Å². The Balaban J connectivity index is 1.55. The first-order valence-electron chi connectivity index (χ1n) is 9.00. The van der Waals surface area contributed by atoms with E-state index in [0.29, 0.717) is 12.1 Å². The van der Waals surface area contributed by atoms with Gasteiger partial charge in [-0.25, -0.2) is 13.9 Å². The molecule has 0 bridgehead atoms. The molecule has 154 valence electrons. The molecule has 3 aromatic heterocycles. The number of benzene rings is 1. The predicted octanol–water partition coefficient (Wildman–Crippen LogP) is 3.81. The van der Waals surface area contributed by atoms with Gasteiger partial charge in [0.05, 0.1) is 17.6 Å². The Hall–Kier alpha value is -2.50. The van der Waals surface area contributed by atoms with Crippen molar-refractivity contribution < 1.29 is 13.6 Å². The maximum absolute atomic E-state index is 12.4. The summed E-state index contributed by atoms with van der Waals surface area (Å²) < 4.78 is 24.7. The molecule has 0 radical (unpaired) electrons. The molecule has 0 saturated carbocycles. The number of hydrogen-bond acceptors (Lipinski definition) is 6. The van der Waals surface area contributed by atoms with Crippen molar-refractivity contribution in [1.82, 2.24) is 20.0 Å². The second kappa shape index (κ2) is 9.11. The van der Waals surface area contributed by atoms with Gasteiger partial charge in [0.1, 0.15) is 5.69 Å². The normalized spacial score (nSPS) is 13.3. The lowest BCUT2D eigenvalue weighted by Gasteiger charge is -2.16. The largest absolute Gasteiger partial charge is 0.346 e. The van der Waals surface area contributed by atoms with Crippen LogP contribution in [0.1, 0.15) is 37.5 Å². The number of thiazole rings is 1. The van der Waals surface area contributed by atoms with Gasteiger partial charge in [-0.1, -0.05) is 24.3 Å². The van der Waals surface area contributed by atoms with E-state index in [-0.39, 0.29) is 11.6 Å². The van der Waals surface area contributed by atoms with Crippen LogP contribution >= 0.6 is 22.7 Å². The molecule has 4 rings (SSSR count). The number of pyridine rings is 1. The van der Waals surface area contributed by atoms with Crippen molar-refractivity contribution in [3.8, 4) is 0 Å². The van der Waals surface area contributed by atoms with Crippen molar-refractivity contribution in [3.05, 3.63) is 80.9 Å². The average Bonchev–Trinajstić information content (AvgIpc) is 3.36. The molecule has 2 atom stereocenters. The van der Waals surface area contributed by atoms with Crippen LogP contribution in [0, 0.1) is 6.92 Å². The maximum Gasteiger partial charge on any atom is 0.270 e. The van der Waals surface area contributed by atoms with E-state index in [2.05, 4.69) is 20.0 Å². The molecule has 3 heterocycles. The minimum Gasteiger partial charge on any atom is -0.346 e. The van der Waals surface area contributed by atoms with Crippen LogP contribution < -0.4 is 10.0 Å². The van der Waals surface area contributed by atoms with Crippen molar-refractivity contribution in [3.63, 3.8) is 0 Å². The monoisotopic (exact) mass is 458 g/mol. The number of carbonyl (C=O) groups is 1. The van der Waals surface area contributed by atoms with Crippen LogP contribution in [0.25, 0.3) is 10.1 Å². The van der Waals surface area contributed by atoms with Crippen molar-refractivity contribution in [2.75, 3.05) is 0 Å². The summed E-state index contributed by atoms with van der Waals surface area (Å²) >= 11 is 0.882. The summed E-state index contributed by atoms with van der Waals surface area (Å²) in [6.45, 7) is 2.30. The number of nitrogens with zero attached hydrogens (tertiary/aromatic N) is 2. The lowest BCUT2D eigenvalue weighted by Crippen LogP contribution is -2.25. The lowest BCUT2D eigenvalue weighted by atomic mass is 10.0. The number of rotatable bonds is 7. The second-order valence-corrected chi connectivity index (χ2v) is 9.46. The highest BCUT2D eigenvalue weighted by atomic mass is 32.2. The first-order chi connectivity index (χ1) is 14.5. The van der Waals surface area contributed by atoms with Crippen molar-refractivity contribution in [1.29, 1.82) is 0 Å². The lowest BCUT2D eigenvalue weighted by molar-refractivity contribution is 0.0946. The molecular formula is C20H18N4O3S3. The van der Waals surface area contributed by atoms with Gasteiger partial charge in [-0.3, -0.25) is 14.3 Å². The Morgan fingerprint density at radius 1 is 1.20 bits per heavy atom. The first kappa shape index (κ1) is 20.8. The molecule has 0 fully saturated rings. The zero-order valence-electron chi connectivity index (χ0n) is 15.9. The Morgan fingerprint density at radius 2 is 2.03 bits per heavy atom. The van der Waals surface area contributed by atoms with Crippen molar-refractivity contribution in [2.24, 2.45) is 0 Å². The van der Waals surface area contributed by atoms with Crippen LogP contribution in [0.3, 0.4) is 0 Å². The summed E-state index contributed by atoms with van der Waals surface area (Å²) in [5, 5.41) is 6.75. The number of fused-ring (bicyclic) bond motifs is 1. The second-order valence-electron chi connectivity index (χ2n) is 6.49. The molecule has 2 unspecified atom stereocenters. The number of thiophene rings is 1. The number of carbonyl (C=O) groups excluding carboxylic acids is 1. The summed E-state index contributed by atoms with van der Waals surface area (Å²) in [6, 6.07) is 10.7. The average molecular weight is 459 g/mol. The van der Waals surface area contributed by atoms with Gasteiger partial charge in [-0.2, -0.15) is 0 Å². The molecule has 0 aliphatic heterocycles. The topological polar surface area (TPSA) is 104 Å². The van der Waals surface area contributed by atoms with Crippen LogP contribution in [0.15, 0.2) is 54.2 Å². The zero-order valence-corrected chi connectivity index (χ0v) is 18.3. The number of amides is 1. The fraction of sp³-hybridized carbons (Fsp3) is 0.150. The quantitative estimate of drug-likeness (QED) is 0.365. The van der Waals surface area contributed by atoms with Gasteiger partial charge in [-0.05, 0) is 40.9 Å². The number of hydrogen-bond donors (Lipinski definition) is 3. The minimum absolute atomic E-state index is 0.277. The number of aryl methyl sites for hydroxylation is 1. The van der Waals surface area contributed by atoms with Crippen LogP contribution in [0.4, 0.5) is 0 Å². The van der Waals surface area contributed by atoms with E-state index < -0.39 is 17.3 Å². The van der Waals surface area contributed by atoms with E-state index in [4.69, 9.17) is 0 Å². The Bertz CT molecular complexity index is 1200. The van der Waals surface area contributed by atoms with Crippen LogP contribution in [-0.2, 0) is 17.8 Å². The molecule has 0 spiro atoms. The van der Waals surface area contributed by atoms with E-state index in [0.717, 1.165) is 25.5 Å². The number of nitrogens with one attached hydrogen (secondary N) is 2. The molecule has 0 aliphatic carbocycles. The predicted molar refractivity (Wildman–Crippen MR) is 120 cm³/mol. The van der Waals surface area contributed by atoms with E-state index in [9.17, 15) is 13.6 Å². The molecular weight excluding hydrogens is 440 g/mol. The molecule has 30 heavy (non-hydrogen) atoms. The molecule has 0 saturated heterocycles. The Morgan fingerprint density at radius 3 is 2.73 bits per heavy atom. The Kier molecular flexibility index (Phi) is 6.30. The smallest absolute Gasteiger partial charge is 0.270 e. The minimum atomic E-state index is -2.22. The molecule has 0 aliphatic rings. The van der Waals surface area contributed by atoms with Gasteiger partial charge in [0, 0.05) is 22.0 Å². The highest BCUT2D eigenvalue weighted by molar-refractivity contribution is 7.77. The third kappa shape index (κ3) is 4.63. The number of aromatic nitrogens is 2. The molecule has 1 amide bonds. The first-order valence-corrected chi connectivity index (χ1v) is 11.8. The molecule has 1 aromatic carbocycles.